The molecule has 204 valence electrons. The maximum Gasteiger partial charge on any atom is 0.251 e. The van der Waals surface area contributed by atoms with E-state index in [-0.39, 0.29) is 11.5 Å². The van der Waals surface area contributed by atoms with Gasteiger partial charge in [0.2, 0.25) is 0 Å². The van der Waals surface area contributed by atoms with Crippen molar-refractivity contribution >= 4 is 28.4 Å². The van der Waals surface area contributed by atoms with E-state index in [2.05, 4.69) is 10.3 Å². The van der Waals surface area contributed by atoms with Crippen molar-refractivity contribution in [2.75, 3.05) is 6.54 Å². The van der Waals surface area contributed by atoms with Gasteiger partial charge in [-0.15, -0.1) is 0 Å². The highest BCUT2D eigenvalue weighted by Gasteiger charge is 2.37. The second-order valence-electron chi connectivity index (χ2n) is 10.5. The summed E-state index contributed by atoms with van der Waals surface area (Å²) in [4.78, 5) is 29.8. The number of aliphatic hydroxyl groups is 1. The lowest BCUT2D eigenvalue weighted by Gasteiger charge is -2.30. The molecule has 0 aliphatic carbocycles. The molecule has 2 aromatic heterocycles. The van der Waals surface area contributed by atoms with Crippen LogP contribution in [0, 0.1) is 5.92 Å². The Morgan fingerprint density at radius 2 is 1.75 bits per heavy atom. The molecule has 40 heavy (non-hydrogen) atoms. The number of halogens is 1. The SMILES string of the molecule is CC(C)CNC(=O)c1ccc(C(O)(c2ccc3c(c2)c(-c2cccc(Cl)c2)cc(=O)n3C)c2cncn2C)cc1. The fourth-order valence-electron chi connectivity index (χ4n) is 5.01. The number of carbonyl (C=O) groups excluding carboxylic acids is 1. The molecule has 5 aromatic rings. The second-order valence-corrected chi connectivity index (χ2v) is 10.9. The normalized spacial score (nSPS) is 13.0. The van der Waals surface area contributed by atoms with Gasteiger partial charge in [0.05, 0.1) is 23.7 Å². The zero-order valence-corrected chi connectivity index (χ0v) is 23.6. The summed E-state index contributed by atoms with van der Waals surface area (Å²) in [7, 11) is 3.55. The summed E-state index contributed by atoms with van der Waals surface area (Å²) in [6, 6.07) is 21.5. The number of pyridine rings is 1. The van der Waals surface area contributed by atoms with Crippen LogP contribution >= 0.6 is 11.6 Å². The van der Waals surface area contributed by atoms with Crippen molar-refractivity contribution in [1.29, 1.82) is 0 Å². The number of carbonyl (C=O) groups is 1. The van der Waals surface area contributed by atoms with E-state index in [1.807, 2.05) is 57.3 Å². The Bertz CT molecular complexity index is 1770. The number of aryl methyl sites for hydroxylation is 2. The van der Waals surface area contributed by atoms with Crippen LogP contribution in [-0.4, -0.2) is 31.7 Å². The first kappa shape index (κ1) is 27.4. The minimum absolute atomic E-state index is 0.150. The molecule has 0 aliphatic heterocycles. The molecule has 5 rings (SSSR count). The highest BCUT2D eigenvalue weighted by molar-refractivity contribution is 6.30. The van der Waals surface area contributed by atoms with Gasteiger partial charge in [-0.05, 0) is 64.6 Å². The maximum atomic E-state index is 12.9. The first-order valence-electron chi connectivity index (χ1n) is 13.1. The van der Waals surface area contributed by atoms with E-state index >= 15 is 0 Å². The summed E-state index contributed by atoms with van der Waals surface area (Å²) in [5, 5.41) is 16.8. The number of nitrogens with one attached hydrogen (secondary N) is 1. The molecule has 0 radical (unpaired) electrons. The van der Waals surface area contributed by atoms with E-state index in [1.54, 1.807) is 65.1 Å². The van der Waals surface area contributed by atoms with Crippen LogP contribution in [0.2, 0.25) is 5.02 Å². The Kier molecular flexibility index (Phi) is 7.36. The Hall–Kier alpha value is -4.20. The number of aromatic nitrogens is 3. The topological polar surface area (TPSA) is 89.2 Å². The van der Waals surface area contributed by atoms with Crippen molar-refractivity contribution in [3.63, 3.8) is 0 Å². The van der Waals surface area contributed by atoms with Gasteiger partial charge in [0.25, 0.3) is 11.5 Å². The summed E-state index contributed by atoms with van der Waals surface area (Å²) in [5.74, 6) is 0.171. The lowest BCUT2D eigenvalue weighted by atomic mass is 9.82. The first-order valence-corrected chi connectivity index (χ1v) is 13.5. The third kappa shape index (κ3) is 4.94. The van der Waals surface area contributed by atoms with Gasteiger partial charge in [-0.3, -0.25) is 9.59 Å². The number of imidazole rings is 1. The molecular formula is C32H31ClN4O3. The van der Waals surface area contributed by atoms with Gasteiger partial charge in [0, 0.05) is 42.7 Å². The van der Waals surface area contributed by atoms with E-state index in [0.717, 1.165) is 16.5 Å². The van der Waals surface area contributed by atoms with Crippen LogP contribution in [0.1, 0.15) is 41.0 Å². The summed E-state index contributed by atoms with van der Waals surface area (Å²) in [6.07, 6.45) is 3.27. The maximum absolute atomic E-state index is 12.9. The molecule has 1 amide bonds. The molecule has 1 unspecified atom stereocenters. The van der Waals surface area contributed by atoms with Gasteiger partial charge in [-0.1, -0.05) is 55.8 Å². The van der Waals surface area contributed by atoms with Gasteiger partial charge in [0.15, 0.2) is 5.60 Å². The van der Waals surface area contributed by atoms with E-state index in [4.69, 9.17) is 11.6 Å². The zero-order chi connectivity index (χ0) is 28.6. The molecule has 1 atom stereocenters. The lowest BCUT2D eigenvalue weighted by molar-refractivity contribution is 0.0948. The van der Waals surface area contributed by atoms with E-state index < -0.39 is 5.60 Å². The third-order valence-corrected chi connectivity index (χ3v) is 7.46. The molecule has 2 heterocycles. The third-order valence-electron chi connectivity index (χ3n) is 7.22. The van der Waals surface area contributed by atoms with Crippen LogP contribution in [-0.2, 0) is 19.7 Å². The fraction of sp³-hybridized carbons (Fsp3) is 0.219. The van der Waals surface area contributed by atoms with Gasteiger partial charge in [0.1, 0.15) is 0 Å². The van der Waals surface area contributed by atoms with Crippen molar-refractivity contribution in [2.45, 2.75) is 19.4 Å². The summed E-state index contributed by atoms with van der Waals surface area (Å²) in [6.45, 7) is 4.65. The minimum atomic E-state index is -1.60. The average Bonchev–Trinajstić information content (AvgIpc) is 3.39. The molecule has 3 aromatic carbocycles. The number of fused-ring (bicyclic) bond motifs is 1. The zero-order valence-electron chi connectivity index (χ0n) is 22.9. The highest BCUT2D eigenvalue weighted by atomic mass is 35.5. The number of rotatable bonds is 7. The minimum Gasteiger partial charge on any atom is -0.374 e. The standard InChI is InChI=1S/C32H31ClN4O3/c1-20(2)17-35-31(39)21-8-10-23(11-9-21)32(40,29-18-34-19-36(29)3)24-12-13-28-27(15-24)26(16-30(38)37(28)4)22-6-5-7-25(33)14-22/h5-16,18-20,40H,17H2,1-4H3,(H,35,39). The van der Waals surface area contributed by atoms with Crippen molar-refractivity contribution in [3.8, 4) is 11.1 Å². The Morgan fingerprint density at radius 3 is 2.40 bits per heavy atom. The highest BCUT2D eigenvalue weighted by Crippen LogP contribution is 2.39. The van der Waals surface area contributed by atoms with Gasteiger partial charge in [-0.2, -0.15) is 0 Å². The van der Waals surface area contributed by atoms with Crippen LogP contribution in [0.5, 0.6) is 0 Å². The fourth-order valence-corrected chi connectivity index (χ4v) is 5.20. The Morgan fingerprint density at radius 1 is 1.02 bits per heavy atom. The number of hydrogen-bond acceptors (Lipinski definition) is 4. The molecule has 0 spiro atoms. The van der Waals surface area contributed by atoms with Crippen molar-refractivity contribution in [1.82, 2.24) is 19.4 Å². The molecule has 0 saturated heterocycles. The summed E-state index contributed by atoms with van der Waals surface area (Å²) >= 11 is 6.29. The van der Waals surface area contributed by atoms with Crippen LogP contribution in [0.25, 0.3) is 22.0 Å². The predicted molar refractivity (Wildman–Crippen MR) is 159 cm³/mol. The van der Waals surface area contributed by atoms with Crippen LogP contribution in [0.4, 0.5) is 0 Å². The van der Waals surface area contributed by atoms with Crippen molar-refractivity contribution < 1.29 is 9.90 Å². The van der Waals surface area contributed by atoms with Gasteiger partial charge >= 0.3 is 0 Å². The summed E-state index contributed by atoms with van der Waals surface area (Å²) in [5.41, 5.74) is 2.70. The van der Waals surface area contributed by atoms with Crippen LogP contribution in [0.15, 0.2) is 90.1 Å². The first-order chi connectivity index (χ1) is 19.1. The predicted octanol–water partition coefficient (Wildman–Crippen LogP) is 5.26. The Labute approximate surface area is 237 Å². The molecule has 2 N–H and O–H groups in total. The van der Waals surface area contributed by atoms with Gasteiger partial charge < -0.3 is 19.6 Å². The van der Waals surface area contributed by atoms with Crippen LogP contribution in [0.3, 0.4) is 0 Å². The molecule has 0 fully saturated rings. The molecule has 7 nitrogen and oxygen atoms in total. The van der Waals surface area contributed by atoms with E-state index in [9.17, 15) is 14.7 Å². The van der Waals surface area contributed by atoms with Gasteiger partial charge in [-0.25, -0.2) is 4.98 Å². The number of nitrogens with zero attached hydrogens (tertiary/aromatic N) is 3. The van der Waals surface area contributed by atoms with E-state index in [1.165, 1.54) is 0 Å². The van der Waals surface area contributed by atoms with E-state index in [0.29, 0.717) is 45.4 Å². The summed E-state index contributed by atoms with van der Waals surface area (Å²) < 4.78 is 3.35. The smallest absolute Gasteiger partial charge is 0.251 e. The largest absolute Gasteiger partial charge is 0.374 e. The number of hydrogen-bond donors (Lipinski definition) is 2. The molecule has 0 saturated carbocycles. The number of benzene rings is 3. The second kappa shape index (κ2) is 10.8. The monoisotopic (exact) mass is 554 g/mol. The molecule has 0 bridgehead atoms. The van der Waals surface area contributed by atoms with Crippen molar-refractivity contribution in [2.24, 2.45) is 20.0 Å². The van der Waals surface area contributed by atoms with Crippen LogP contribution < -0.4 is 10.9 Å². The number of amides is 1. The molecular weight excluding hydrogens is 524 g/mol. The quantitative estimate of drug-likeness (QED) is 0.287. The average molecular weight is 555 g/mol. The Balaban J connectivity index is 1.70. The lowest BCUT2D eigenvalue weighted by Crippen LogP contribution is -2.32. The van der Waals surface area contributed by atoms with Crippen molar-refractivity contribution in [3.05, 3.63) is 123 Å². The molecule has 0 aliphatic rings. The molecule has 8 heteroatoms.